The van der Waals surface area contributed by atoms with Crippen LogP contribution in [0.2, 0.25) is 0 Å². The van der Waals surface area contributed by atoms with Crippen LogP contribution in [0, 0.1) is 0 Å². The van der Waals surface area contributed by atoms with Gasteiger partial charge in [0.15, 0.2) is 0 Å². The van der Waals surface area contributed by atoms with Gasteiger partial charge in [0.05, 0.1) is 0 Å². The van der Waals surface area contributed by atoms with Crippen molar-refractivity contribution in [1.29, 1.82) is 0 Å². The fourth-order valence-electron chi connectivity index (χ4n) is 1.68. The third-order valence-corrected chi connectivity index (χ3v) is 2.51. The molecule has 0 spiro atoms. The molecule has 0 unspecified atom stereocenters. The zero-order chi connectivity index (χ0) is 9.19. The van der Waals surface area contributed by atoms with Gasteiger partial charge < -0.3 is 10.4 Å². The lowest BCUT2D eigenvalue weighted by atomic mass is 10.0. The van der Waals surface area contributed by atoms with Crippen LogP contribution < -0.4 is 5.32 Å². The van der Waals surface area contributed by atoms with Crippen molar-refractivity contribution >= 4 is 5.91 Å². The number of aliphatic hydroxyl groups is 1. The number of aliphatic hydroxyl groups excluding tert-OH is 1. The second-order valence-corrected chi connectivity index (χ2v) is 3.93. The molecule has 3 nitrogen and oxygen atoms in total. The fraction of sp³-hybridized carbons (Fsp3) is 0.889. The number of nitrogens with one attached hydrogen (secondary N) is 1. The first-order chi connectivity index (χ1) is 5.53. The molecule has 0 saturated heterocycles. The third-order valence-electron chi connectivity index (χ3n) is 2.51. The second-order valence-electron chi connectivity index (χ2n) is 3.93. The van der Waals surface area contributed by atoms with Crippen LogP contribution in [-0.4, -0.2) is 22.7 Å². The predicted molar refractivity (Wildman–Crippen MR) is 46.7 cm³/mol. The van der Waals surface area contributed by atoms with Crippen LogP contribution in [0.25, 0.3) is 0 Å². The van der Waals surface area contributed by atoms with Gasteiger partial charge >= 0.3 is 0 Å². The number of amides is 1. The van der Waals surface area contributed by atoms with E-state index in [1.54, 1.807) is 0 Å². The topological polar surface area (TPSA) is 49.3 Å². The lowest BCUT2D eigenvalue weighted by Crippen LogP contribution is -2.47. The molecular formula is C9H17NO2. The standard InChI is InChI=1S/C9H17NO2/c1-7(11)8(12)10-9(2)5-3-4-6-9/h7,11H,3-6H2,1-2H3,(H,10,12)/t7-/m0/s1. The van der Waals surface area contributed by atoms with Gasteiger partial charge in [0.2, 0.25) is 5.91 Å². The summed E-state index contributed by atoms with van der Waals surface area (Å²) in [4.78, 5) is 11.1. The quantitative estimate of drug-likeness (QED) is 0.646. The Morgan fingerprint density at radius 2 is 2.00 bits per heavy atom. The van der Waals surface area contributed by atoms with Gasteiger partial charge in [-0.1, -0.05) is 12.8 Å². The Morgan fingerprint density at radius 1 is 1.50 bits per heavy atom. The highest BCUT2D eigenvalue weighted by Gasteiger charge is 2.30. The molecule has 0 bridgehead atoms. The maximum Gasteiger partial charge on any atom is 0.248 e. The van der Waals surface area contributed by atoms with Crippen molar-refractivity contribution in [1.82, 2.24) is 5.32 Å². The van der Waals surface area contributed by atoms with Gasteiger partial charge in [-0.2, -0.15) is 0 Å². The average Bonchev–Trinajstić information content (AvgIpc) is 2.35. The smallest absolute Gasteiger partial charge is 0.248 e. The summed E-state index contributed by atoms with van der Waals surface area (Å²) in [6.45, 7) is 3.54. The van der Waals surface area contributed by atoms with E-state index < -0.39 is 6.10 Å². The van der Waals surface area contributed by atoms with Gasteiger partial charge in [0, 0.05) is 5.54 Å². The molecule has 1 rings (SSSR count). The summed E-state index contributed by atoms with van der Waals surface area (Å²) >= 11 is 0. The minimum atomic E-state index is -0.887. The Morgan fingerprint density at radius 3 is 2.42 bits per heavy atom. The summed E-state index contributed by atoms with van der Waals surface area (Å²) in [6, 6.07) is 0. The first-order valence-electron chi connectivity index (χ1n) is 4.54. The van der Waals surface area contributed by atoms with Gasteiger partial charge in [-0.3, -0.25) is 4.79 Å². The molecule has 1 amide bonds. The zero-order valence-corrected chi connectivity index (χ0v) is 7.76. The van der Waals surface area contributed by atoms with E-state index in [1.165, 1.54) is 19.8 Å². The summed E-state index contributed by atoms with van der Waals surface area (Å²) in [7, 11) is 0. The minimum Gasteiger partial charge on any atom is -0.384 e. The Hall–Kier alpha value is -0.570. The Bertz CT molecular complexity index is 171. The molecule has 1 saturated carbocycles. The first kappa shape index (κ1) is 9.52. The number of hydrogen-bond acceptors (Lipinski definition) is 2. The van der Waals surface area contributed by atoms with Crippen molar-refractivity contribution in [2.45, 2.75) is 51.2 Å². The van der Waals surface area contributed by atoms with Crippen LogP contribution in [0.1, 0.15) is 39.5 Å². The largest absolute Gasteiger partial charge is 0.384 e. The van der Waals surface area contributed by atoms with Crippen LogP contribution in [0.15, 0.2) is 0 Å². The van der Waals surface area contributed by atoms with E-state index >= 15 is 0 Å². The van der Waals surface area contributed by atoms with E-state index in [1.807, 2.05) is 6.92 Å². The van der Waals surface area contributed by atoms with Crippen LogP contribution >= 0.6 is 0 Å². The van der Waals surface area contributed by atoms with Crippen molar-refractivity contribution in [3.63, 3.8) is 0 Å². The highest BCUT2D eigenvalue weighted by atomic mass is 16.3. The molecule has 1 aliphatic carbocycles. The van der Waals surface area contributed by atoms with Gasteiger partial charge in [0.1, 0.15) is 6.10 Å². The summed E-state index contributed by atoms with van der Waals surface area (Å²) < 4.78 is 0. The Labute approximate surface area is 73.2 Å². The highest BCUT2D eigenvalue weighted by molar-refractivity contribution is 5.80. The minimum absolute atomic E-state index is 0.0614. The maximum absolute atomic E-state index is 11.1. The van der Waals surface area contributed by atoms with Gasteiger partial charge in [-0.25, -0.2) is 0 Å². The van der Waals surface area contributed by atoms with Gasteiger partial charge in [-0.15, -0.1) is 0 Å². The lowest BCUT2D eigenvalue weighted by Gasteiger charge is -2.25. The molecule has 0 aliphatic heterocycles. The molecule has 0 aromatic carbocycles. The van der Waals surface area contributed by atoms with E-state index in [0.717, 1.165) is 12.8 Å². The van der Waals surface area contributed by atoms with Gasteiger partial charge in [0.25, 0.3) is 0 Å². The predicted octanol–water partition coefficient (Wildman–Crippen LogP) is 0.816. The molecule has 0 heterocycles. The molecule has 0 aromatic rings. The summed E-state index contributed by atoms with van der Waals surface area (Å²) in [5, 5.41) is 11.8. The van der Waals surface area contributed by atoms with E-state index in [-0.39, 0.29) is 11.4 Å². The van der Waals surface area contributed by atoms with Crippen molar-refractivity contribution < 1.29 is 9.90 Å². The molecule has 0 aromatic heterocycles. The van der Waals surface area contributed by atoms with Crippen LogP contribution in [0.4, 0.5) is 0 Å². The molecule has 1 fully saturated rings. The lowest BCUT2D eigenvalue weighted by molar-refractivity contribution is -0.130. The van der Waals surface area contributed by atoms with E-state index in [2.05, 4.69) is 5.32 Å². The monoisotopic (exact) mass is 171 g/mol. The second kappa shape index (κ2) is 3.44. The Kier molecular flexibility index (Phi) is 2.73. The fourth-order valence-corrected chi connectivity index (χ4v) is 1.68. The molecule has 1 aliphatic rings. The molecule has 70 valence electrons. The highest BCUT2D eigenvalue weighted by Crippen LogP contribution is 2.28. The van der Waals surface area contributed by atoms with E-state index in [4.69, 9.17) is 5.11 Å². The zero-order valence-electron chi connectivity index (χ0n) is 7.76. The number of rotatable bonds is 2. The van der Waals surface area contributed by atoms with Crippen molar-refractivity contribution in [2.24, 2.45) is 0 Å². The molecule has 1 atom stereocenters. The van der Waals surface area contributed by atoms with E-state index in [9.17, 15) is 4.79 Å². The molecule has 0 radical (unpaired) electrons. The normalized spacial score (nSPS) is 23.6. The van der Waals surface area contributed by atoms with Crippen molar-refractivity contribution in [2.75, 3.05) is 0 Å². The third kappa shape index (κ3) is 2.21. The summed E-state index contributed by atoms with van der Waals surface area (Å²) in [5.41, 5.74) is -0.0614. The molecule has 2 N–H and O–H groups in total. The summed E-state index contributed by atoms with van der Waals surface area (Å²) in [5.74, 6) is -0.251. The summed E-state index contributed by atoms with van der Waals surface area (Å²) in [6.07, 6.45) is 3.53. The van der Waals surface area contributed by atoms with Crippen LogP contribution in [0.3, 0.4) is 0 Å². The molecule has 3 heteroatoms. The van der Waals surface area contributed by atoms with Crippen molar-refractivity contribution in [3.05, 3.63) is 0 Å². The van der Waals surface area contributed by atoms with Crippen LogP contribution in [0.5, 0.6) is 0 Å². The molecular weight excluding hydrogens is 154 g/mol. The molecule has 12 heavy (non-hydrogen) atoms. The first-order valence-corrected chi connectivity index (χ1v) is 4.54. The Balaban J connectivity index is 2.44. The van der Waals surface area contributed by atoms with Crippen LogP contribution in [-0.2, 0) is 4.79 Å². The SMILES string of the molecule is C[C@H](O)C(=O)NC1(C)CCCC1. The van der Waals surface area contributed by atoms with Crippen molar-refractivity contribution in [3.8, 4) is 0 Å². The van der Waals surface area contributed by atoms with Gasteiger partial charge in [-0.05, 0) is 26.7 Å². The van der Waals surface area contributed by atoms with E-state index in [0.29, 0.717) is 0 Å². The number of carbonyl (C=O) groups excluding carboxylic acids is 1. The maximum atomic E-state index is 11.1. The number of hydrogen-bond donors (Lipinski definition) is 2. The average molecular weight is 171 g/mol. The number of carbonyl (C=O) groups is 1.